The molecule has 4 heterocycles. The molecule has 42 heavy (non-hydrogen) atoms. The first-order chi connectivity index (χ1) is 20.3. The lowest BCUT2D eigenvalue weighted by Gasteiger charge is -2.12. The van der Waals surface area contributed by atoms with E-state index in [-0.39, 0.29) is 6.04 Å². The Kier molecular flexibility index (Phi) is 9.32. The average molecular weight is 581 g/mol. The van der Waals surface area contributed by atoms with Crippen LogP contribution in [-0.2, 0) is 24.1 Å². The van der Waals surface area contributed by atoms with Crippen LogP contribution in [0.15, 0.2) is 72.8 Å². The lowest BCUT2D eigenvalue weighted by Crippen LogP contribution is -2.17. The van der Waals surface area contributed by atoms with E-state index < -0.39 is 0 Å². The maximum atomic E-state index is 11.4. The number of para-hydroxylation sites is 4. The first-order valence-corrected chi connectivity index (χ1v) is 15.2. The third kappa shape index (κ3) is 7.23. The van der Waals surface area contributed by atoms with E-state index in [4.69, 9.17) is 12.2 Å². The summed E-state index contributed by atoms with van der Waals surface area (Å²) in [6.45, 7) is 8.37. The summed E-state index contributed by atoms with van der Waals surface area (Å²) in [6.07, 6.45) is 4.06. The first-order valence-electron chi connectivity index (χ1n) is 14.8. The van der Waals surface area contributed by atoms with Crippen molar-refractivity contribution in [3.8, 4) is 5.69 Å². The predicted molar refractivity (Wildman–Crippen MR) is 176 cm³/mol. The van der Waals surface area contributed by atoms with Gasteiger partial charge in [-0.2, -0.15) is 0 Å². The molecule has 0 bridgehead atoms. The average Bonchev–Trinajstić information content (AvgIpc) is 3.06. The van der Waals surface area contributed by atoms with Crippen molar-refractivity contribution >= 4 is 39.9 Å². The third-order valence-electron chi connectivity index (χ3n) is 7.61. The third-order valence-corrected chi connectivity index (χ3v) is 7.92. The zero-order valence-corrected chi connectivity index (χ0v) is 25.7. The molecule has 0 spiro atoms. The first kappa shape index (κ1) is 29.5. The lowest BCUT2D eigenvalue weighted by atomic mass is 10.1. The number of nitrogens with one attached hydrogen (secondary N) is 3. The Bertz CT molecular complexity index is 1500. The van der Waals surface area contributed by atoms with E-state index >= 15 is 0 Å². The second kappa shape index (κ2) is 13.3. The van der Waals surface area contributed by atoms with Gasteiger partial charge in [0.2, 0.25) is 0 Å². The van der Waals surface area contributed by atoms with Gasteiger partial charge in [-0.1, -0.05) is 60.7 Å². The van der Waals surface area contributed by atoms with Crippen molar-refractivity contribution in [2.45, 2.75) is 77.9 Å². The van der Waals surface area contributed by atoms with E-state index in [9.17, 15) is 4.79 Å². The summed E-state index contributed by atoms with van der Waals surface area (Å²) in [5, 5.41) is 18.7. The SMILES string of the molecule is CC1CC(=O)Cc2ccccc2N1.CC1CC(=S)Cc2ccccc2N1.Cc1nnc2n1-c1ccccc1NC(C)C2. The molecule has 4 aromatic rings. The van der Waals surface area contributed by atoms with Gasteiger partial charge in [0.1, 0.15) is 17.4 Å². The number of anilines is 3. The highest BCUT2D eigenvalue weighted by Crippen LogP contribution is 2.27. The fourth-order valence-corrected chi connectivity index (χ4v) is 6.15. The minimum Gasteiger partial charge on any atom is -0.382 e. The standard InChI is InChI=1S/C12H14N4.C11H13NO.C11H13NS/c1-8-7-12-15-14-9(2)16(12)11-6-4-3-5-10(11)13-8;2*1-8-6-10(13)7-9-4-2-3-5-11(9)12-8/h3-6,8,13H,7H2,1-2H3;2*2-5,8,12H,6-7H2,1H3. The number of nitrogens with zero attached hydrogens (tertiary/aromatic N) is 3. The van der Waals surface area contributed by atoms with E-state index in [2.05, 4.69) is 81.0 Å². The van der Waals surface area contributed by atoms with Crippen LogP contribution in [0.2, 0.25) is 0 Å². The quantitative estimate of drug-likeness (QED) is 0.199. The van der Waals surface area contributed by atoms with Gasteiger partial charge >= 0.3 is 0 Å². The molecule has 0 amide bonds. The Balaban J connectivity index is 0.000000127. The fourth-order valence-electron chi connectivity index (χ4n) is 5.75. The molecule has 7 nitrogen and oxygen atoms in total. The maximum absolute atomic E-state index is 11.4. The van der Waals surface area contributed by atoms with Gasteiger partial charge in [-0.15, -0.1) is 10.2 Å². The van der Waals surface area contributed by atoms with E-state index in [0.29, 0.717) is 30.7 Å². The minimum atomic E-state index is 0.260. The topological polar surface area (TPSA) is 83.9 Å². The molecule has 8 heteroatoms. The number of Topliss-reactive ketones (excluding diaryl/α,β-unsaturated/α-hetero) is 1. The molecule has 3 N–H and O–H groups in total. The number of rotatable bonds is 0. The van der Waals surface area contributed by atoms with E-state index in [1.165, 1.54) is 11.3 Å². The zero-order chi connectivity index (χ0) is 29.6. The number of thiocarbonyl (C=S) groups is 1. The van der Waals surface area contributed by atoms with Gasteiger partial charge in [0.15, 0.2) is 0 Å². The Labute approximate surface area is 254 Å². The number of benzene rings is 3. The molecule has 1 aromatic heterocycles. The number of carbonyl (C=O) groups excluding carboxylic acids is 1. The van der Waals surface area contributed by atoms with Gasteiger partial charge in [0.25, 0.3) is 0 Å². The number of fused-ring (bicyclic) bond motifs is 5. The number of hydrogen-bond donors (Lipinski definition) is 3. The van der Waals surface area contributed by atoms with Gasteiger partial charge in [0.05, 0.1) is 11.4 Å². The minimum absolute atomic E-state index is 0.260. The van der Waals surface area contributed by atoms with Crippen LogP contribution in [0, 0.1) is 6.92 Å². The molecule has 0 radical (unpaired) electrons. The molecule has 0 fully saturated rings. The summed E-state index contributed by atoms with van der Waals surface area (Å²) >= 11 is 5.31. The van der Waals surface area contributed by atoms with Crippen molar-refractivity contribution in [2.75, 3.05) is 16.0 Å². The highest BCUT2D eigenvalue weighted by molar-refractivity contribution is 7.80. The van der Waals surface area contributed by atoms with Crippen LogP contribution in [0.1, 0.15) is 56.4 Å². The molecule has 0 saturated carbocycles. The highest BCUT2D eigenvalue weighted by Gasteiger charge is 2.20. The van der Waals surface area contributed by atoms with Crippen LogP contribution < -0.4 is 16.0 Å². The van der Waals surface area contributed by atoms with Crippen LogP contribution in [0.25, 0.3) is 5.69 Å². The van der Waals surface area contributed by atoms with Crippen molar-refractivity contribution < 1.29 is 4.79 Å². The summed E-state index contributed by atoms with van der Waals surface area (Å²) < 4.78 is 2.13. The smallest absolute Gasteiger partial charge is 0.139 e. The van der Waals surface area contributed by atoms with Gasteiger partial charge in [-0.25, -0.2) is 0 Å². The van der Waals surface area contributed by atoms with Crippen LogP contribution in [0.5, 0.6) is 0 Å². The van der Waals surface area contributed by atoms with Crippen molar-refractivity contribution in [1.29, 1.82) is 0 Å². The molecule has 3 atom stereocenters. The summed E-state index contributed by atoms with van der Waals surface area (Å²) in [7, 11) is 0. The molecule has 3 aliphatic rings. The Morgan fingerprint density at radius 3 is 1.90 bits per heavy atom. The molecular formula is C34H40N6OS. The van der Waals surface area contributed by atoms with Gasteiger partial charge in [-0.05, 0) is 74.4 Å². The number of carbonyl (C=O) groups is 1. The van der Waals surface area contributed by atoms with Crippen molar-refractivity contribution in [1.82, 2.24) is 14.8 Å². The zero-order valence-electron chi connectivity index (χ0n) is 24.9. The summed E-state index contributed by atoms with van der Waals surface area (Å²) in [5.74, 6) is 2.30. The van der Waals surface area contributed by atoms with Gasteiger partial charge < -0.3 is 16.0 Å². The Morgan fingerprint density at radius 2 is 1.21 bits per heavy atom. The normalized spacial score (nSPS) is 20.3. The van der Waals surface area contributed by atoms with Crippen molar-refractivity contribution in [2.24, 2.45) is 0 Å². The number of hydrogen-bond acceptors (Lipinski definition) is 7. The van der Waals surface area contributed by atoms with E-state index in [1.54, 1.807) is 0 Å². The molecule has 218 valence electrons. The van der Waals surface area contributed by atoms with Gasteiger partial charge in [0, 0.05) is 55.2 Å². The second-order valence-electron chi connectivity index (χ2n) is 11.5. The highest BCUT2D eigenvalue weighted by atomic mass is 32.1. The van der Waals surface area contributed by atoms with Crippen LogP contribution >= 0.6 is 12.2 Å². The Hall–Kier alpha value is -4.04. The molecule has 0 saturated heterocycles. The van der Waals surface area contributed by atoms with E-state index in [1.807, 2.05) is 50.2 Å². The van der Waals surface area contributed by atoms with Crippen molar-refractivity contribution in [3.05, 3.63) is 95.6 Å². The summed E-state index contributed by atoms with van der Waals surface area (Å²) in [5.41, 5.74) is 7.10. The molecule has 3 unspecified atom stereocenters. The molecule has 3 aliphatic heterocycles. The molecule has 7 rings (SSSR count). The monoisotopic (exact) mass is 580 g/mol. The number of aromatic nitrogens is 3. The molecule has 3 aromatic carbocycles. The fraction of sp³-hybridized carbons (Fsp3) is 0.353. The summed E-state index contributed by atoms with van der Waals surface area (Å²) in [4.78, 5) is 12.6. The predicted octanol–water partition coefficient (Wildman–Crippen LogP) is 6.74. The van der Waals surface area contributed by atoms with Crippen LogP contribution in [-0.4, -0.2) is 43.5 Å². The number of ketones is 1. The molecular weight excluding hydrogens is 540 g/mol. The summed E-state index contributed by atoms with van der Waals surface area (Å²) in [6, 6.07) is 25.8. The number of aryl methyl sites for hydroxylation is 1. The van der Waals surface area contributed by atoms with Crippen molar-refractivity contribution in [3.63, 3.8) is 0 Å². The molecule has 0 aliphatic carbocycles. The van der Waals surface area contributed by atoms with Gasteiger partial charge in [-0.3, -0.25) is 9.36 Å². The Morgan fingerprint density at radius 1 is 0.690 bits per heavy atom. The largest absolute Gasteiger partial charge is 0.382 e. The van der Waals surface area contributed by atoms with Crippen LogP contribution in [0.4, 0.5) is 17.1 Å². The lowest BCUT2D eigenvalue weighted by molar-refractivity contribution is -0.118. The van der Waals surface area contributed by atoms with E-state index in [0.717, 1.165) is 58.4 Å². The second-order valence-corrected chi connectivity index (χ2v) is 12.1. The maximum Gasteiger partial charge on any atom is 0.139 e. The van der Waals surface area contributed by atoms with Crippen LogP contribution in [0.3, 0.4) is 0 Å².